The van der Waals surface area contributed by atoms with E-state index >= 15 is 0 Å². The molecule has 2 heterocycles. The van der Waals surface area contributed by atoms with Crippen LogP contribution in [0.2, 0.25) is 0 Å². The molecule has 1 aromatic heterocycles. The Labute approximate surface area is 104 Å². The summed E-state index contributed by atoms with van der Waals surface area (Å²) in [7, 11) is 0. The molecule has 1 atom stereocenters. The Kier molecular flexibility index (Phi) is 4.24. The lowest BCUT2D eigenvalue weighted by Crippen LogP contribution is -2.43. The third kappa shape index (κ3) is 3.11. The molecule has 1 aliphatic rings. The highest BCUT2D eigenvalue weighted by molar-refractivity contribution is 5.09. The topological polar surface area (TPSA) is 28.4 Å². The Bertz CT molecular complexity index is 340. The highest BCUT2D eigenvalue weighted by Crippen LogP contribution is 2.25. The molecule has 0 saturated carbocycles. The zero-order valence-corrected chi connectivity index (χ0v) is 11.2. The number of nitrogens with zero attached hydrogens (tertiary/aromatic N) is 1. The van der Waals surface area contributed by atoms with Crippen molar-refractivity contribution in [2.24, 2.45) is 0 Å². The summed E-state index contributed by atoms with van der Waals surface area (Å²) in [6, 6.07) is 5.28. The van der Waals surface area contributed by atoms with E-state index in [1.165, 1.54) is 25.9 Å². The van der Waals surface area contributed by atoms with Crippen LogP contribution in [0.15, 0.2) is 16.5 Å². The molecule has 0 aliphatic carbocycles. The van der Waals surface area contributed by atoms with E-state index in [1.54, 1.807) is 0 Å². The van der Waals surface area contributed by atoms with Gasteiger partial charge in [0.05, 0.1) is 6.04 Å². The SMILES string of the molecule is CCNC1CCN(C(C)c2ccc(C)o2)CC1. The first kappa shape index (κ1) is 12.7. The second kappa shape index (κ2) is 5.69. The smallest absolute Gasteiger partial charge is 0.121 e. The highest BCUT2D eigenvalue weighted by atomic mass is 16.3. The lowest BCUT2D eigenvalue weighted by atomic mass is 10.0. The minimum absolute atomic E-state index is 0.409. The molecule has 0 amide bonds. The molecule has 0 bridgehead atoms. The van der Waals surface area contributed by atoms with Gasteiger partial charge in [0.2, 0.25) is 0 Å². The molecule has 1 N–H and O–H groups in total. The lowest BCUT2D eigenvalue weighted by Gasteiger charge is -2.35. The number of likely N-dealkylation sites (tertiary alicyclic amines) is 1. The Balaban J connectivity index is 1.88. The van der Waals surface area contributed by atoms with E-state index in [0.717, 1.165) is 18.1 Å². The summed E-state index contributed by atoms with van der Waals surface area (Å²) in [5.74, 6) is 2.11. The van der Waals surface area contributed by atoms with Crippen LogP contribution in [-0.4, -0.2) is 30.6 Å². The minimum atomic E-state index is 0.409. The fraction of sp³-hybridized carbons (Fsp3) is 0.714. The summed E-state index contributed by atoms with van der Waals surface area (Å²) in [5.41, 5.74) is 0. The van der Waals surface area contributed by atoms with Gasteiger partial charge in [0.1, 0.15) is 11.5 Å². The van der Waals surface area contributed by atoms with Gasteiger partial charge in [-0.2, -0.15) is 0 Å². The average molecular weight is 236 g/mol. The summed E-state index contributed by atoms with van der Waals surface area (Å²) in [4.78, 5) is 2.52. The minimum Gasteiger partial charge on any atom is -0.465 e. The summed E-state index contributed by atoms with van der Waals surface area (Å²) in [6.45, 7) is 9.84. The van der Waals surface area contributed by atoms with Crippen LogP contribution in [0.1, 0.15) is 44.3 Å². The van der Waals surface area contributed by atoms with Gasteiger partial charge in [-0.15, -0.1) is 0 Å². The Hall–Kier alpha value is -0.800. The van der Waals surface area contributed by atoms with Crippen molar-refractivity contribution in [3.8, 4) is 0 Å². The first-order chi connectivity index (χ1) is 8.20. The molecule has 1 aromatic rings. The molecule has 1 unspecified atom stereocenters. The second-order valence-electron chi connectivity index (χ2n) is 4.99. The summed E-state index contributed by atoms with van der Waals surface area (Å²) >= 11 is 0. The number of rotatable bonds is 4. The quantitative estimate of drug-likeness (QED) is 0.871. The maximum atomic E-state index is 5.72. The number of piperidine rings is 1. The first-order valence-corrected chi connectivity index (χ1v) is 6.74. The molecule has 96 valence electrons. The van der Waals surface area contributed by atoms with Crippen molar-refractivity contribution in [3.63, 3.8) is 0 Å². The van der Waals surface area contributed by atoms with E-state index < -0.39 is 0 Å². The van der Waals surface area contributed by atoms with E-state index in [-0.39, 0.29) is 0 Å². The molecule has 17 heavy (non-hydrogen) atoms. The predicted octanol–water partition coefficient (Wildman–Crippen LogP) is 2.72. The van der Waals surface area contributed by atoms with Gasteiger partial charge in [-0.3, -0.25) is 4.90 Å². The van der Waals surface area contributed by atoms with Crippen molar-refractivity contribution in [2.75, 3.05) is 19.6 Å². The third-order valence-electron chi connectivity index (χ3n) is 3.74. The zero-order chi connectivity index (χ0) is 12.3. The standard InChI is InChI=1S/C14H24N2O/c1-4-15-13-7-9-16(10-8-13)12(3)14-6-5-11(2)17-14/h5-6,12-13,15H,4,7-10H2,1-3H3. The number of nitrogens with one attached hydrogen (secondary N) is 1. The first-order valence-electron chi connectivity index (χ1n) is 6.74. The van der Waals surface area contributed by atoms with Crippen molar-refractivity contribution in [1.29, 1.82) is 0 Å². The van der Waals surface area contributed by atoms with Crippen LogP contribution in [-0.2, 0) is 0 Å². The van der Waals surface area contributed by atoms with E-state index in [4.69, 9.17) is 4.42 Å². The predicted molar refractivity (Wildman–Crippen MR) is 70.1 cm³/mol. The molecule has 3 heteroatoms. The zero-order valence-electron chi connectivity index (χ0n) is 11.2. The van der Waals surface area contributed by atoms with Gasteiger partial charge in [0.25, 0.3) is 0 Å². The maximum Gasteiger partial charge on any atom is 0.121 e. The molecule has 0 radical (unpaired) electrons. The van der Waals surface area contributed by atoms with Crippen molar-refractivity contribution in [1.82, 2.24) is 10.2 Å². The van der Waals surface area contributed by atoms with Crippen molar-refractivity contribution < 1.29 is 4.42 Å². The highest BCUT2D eigenvalue weighted by Gasteiger charge is 2.24. The van der Waals surface area contributed by atoms with E-state index in [0.29, 0.717) is 12.1 Å². The van der Waals surface area contributed by atoms with E-state index in [2.05, 4.69) is 36.2 Å². The van der Waals surface area contributed by atoms with Crippen LogP contribution in [0.3, 0.4) is 0 Å². The molecule has 0 aromatic carbocycles. The Morgan fingerprint density at radius 1 is 1.41 bits per heavy atom. The van der Waals surface area contributed by atoms with Gasteiger partial charge >= 0.3 is 0 Å². The fourth-order valence-corrected chi connectivity index (χ4v) is 2.64. The summed E-state index contributed by atoms with van der Waals surface area (Å²) < 4.78 is 5.72. The van der Waals surface area contributed by atoms with Crippen molar-refractivity contribution in [3.05, 3.63) is 23.7 Å². The summed E-state index contributed by atoms with van der Waals surface area (Å²) in [6.07, 6.45) is 2.50. The largest absolute Gasteiger partial charge is 0.465 e. The van der Waals surface area contributed by atoms with Gasteiger partial charge in [0.15, 0.2) is 0 Å². The average Bonchev–Trinajstić information content (AvgIpc) is 2.76. The monoisotopic (exact) mass is 236 g/mol. The molecule has 1 fully saturated rings. The lowest BCUT2D eigenvalue weighted by molar-refractivity contribution is 0.138. The molecule has 1 aliphatic heterocycles. The van der Waals surface area contributed by atoms with Crippen LogP contribution in [0.5, 0.6) is 0 Å². The van der Waals surface area contributed by atoms with Gasteiger partial charge in [-0.1, -0.05) is 6.92 Å². The van der Waals surface area contributed by atoms with Crippen LogP contribution in [0, 0.1) is 6.92 Å². The molecular weight excluding hydrogens is 212 g/mol. The van der Waals surface area contributed by atoms with Crippen molar-refractivity contribution in [2.45, 2.75) is 45.7 Å². The number of aryl methyl sites for hydroxylation is 1. The Morgan fingerprint density at radius 2 is 2.12 bits per heavy atom. The molecule has 3 nitrogen and oxygen atoms in total. The van der Waals surface area contributed by atoms with Gasteiger partial charge in [0, 0.05) is 19.1 Å². The van der Waals surface area contributed by atoms with Crippen LogP contribution < -0.4 is 5.32 Å². The second-order valence-corrected chi connectivity index (χ2v) is 4.99. The maximum absolute atomic E-state index is 5.72. The van der Waals surface area contributed by atoms with Crippen LogP contribution in [0.25, 0.3) is 0 Å². The van der Waals surface area contributed by atoms with Crippen molar-refractivity contribution >= 4 is 0 Å². The Morgan fingerprint density at radius 3 is 2.65 bits per heavy atom. The summed E-state index contributed by atoms with van der Waals surface area (Å²) in [5, 5.41) is 3.54. The molecule has 2 rings (SSSR count). The molecule has 1 saturated heterocycles. The van der Waals surface area contributed by atoms with Gasteiger partial charge < -0.3 is 9.73 Å². The van der Waals surface area contributed by atoms with Crippen LogP contribution >= 0.6 is 0 Å². The van der Waals surface area contributed by atoms with E-state index in [1.807, 2.05) is 6.92 Å². The van der Waals surface area contributed by atoms with Gasteiger partial charge in [-0.25, -0.2) is 0 Å². The third-order valence-corrected chi connectivity index (χ3v) is 3.74. The number of hydrogen-bond acceptors (Lipinski definition) is 3. The van der Waals surface area contributed by atoms with E-state index in [9.17, 15) is 0 Å². The molecule has 0 spiro atoms. The number of furan rings is 1. The molecular formula is C14H24N2O. The van der Waals surface area contributed by atoms with Gasteiger partial charge in [-0.05, 0) is 45.4 Å². The fourth-order valence-electron chi connectivity index (χ4n) is 2.64. The van der Waals surface area contributed by atoms with Crippen LogP contribution in [0.4, 0.5) is 0 Å². The number of hydrogen-bond donors (Lipinski definition) is 1. The normalized spacial score (nSPS) is 20.6.